The summed E-state index contributed by atoms with van der Waals surface area (Å²) in [6, 6.07) is 23.5. The highest BCUT2D eigenvalue weighted by molar-refractivity contribution is 6.42. The molecule has 0 aliphatic carbocycles. The Kier molecular flexibility index (Phi) is 7.93. The molecular formula is C26H27Cl2NO3. The Morgan fingerprint density at radius 3 is 2.19 bits per heavy atom. The van der Waals surface area contributed by atoms with Crippen molar-refractivity contribution >= 4 is 23.2 Å². The molecule has 3 aromatic rings. The van der Waals surface area contributed by atoms with Crippen LogP contribution in [0.1, 0.15) is 12.8 Å². The third-order valence-electron chi connectivity index (χ3n) is 5.60. The molecule has 168 valence electrons. The summed E-state index contributed by atoms with van der Waals surface area (Å²) in [5.74, 6) is 1.50. The second-order valence-corrected chi connectivity index (χ2v) is 8.86. The van der Waals surface area contributed by atoms with E-state index in [9.17, 15) is 5.11 Å². The van der Waals surface area contributed by atoms with Crippen molar-refractivity contribution in [3.63, 3.8) is 0 Å². The summed E-state index contributed by atoms with van der Waals surface area (Å²) >= 11 is 12.0. The molecule has 32 heavy (non-hydrogen) atoms. The molecule has 4 nitrogen and oxygen atoms in total. The number of ether oxygens (including phenoxy) is 2. The van der Waals surface area contributed by atoms with E-state index in [1.165, 1.54) is 5.56 Å². The molecule has 1 heterocycles. The van der Waals surface area contributed by atoms with Crippen LogP contribution in [0, 0.1) is 0 Å². The fourth-order valence-electron chi connectivity index (χ4n) is 3.87. The monoisotopic (exact) mass is 471 g/mol. The van der Waals surface area contributed by atoms with E-state index >= 15 is 0 Å². The first kappa shape index (κ1) is 22.9. The molecule has 1 N–H and O–H groups in total. The fraction of sp³-hybridized carbons (Fsp3) is 0.308. The van der Waals surface area contributed by atoms with Crippen LogP contribution < -0.4 is 9.47 Å². The van der Waals surface area contributed by atoms with Gasteiger partial charge >= 0.3 is 0 Å². The number of aliphatic hydroxyl groups excluding tert-OH is 1. The molecule has 6 heteroatoms. The topological polar surface area (TPSA) is 41.9 Å². The van der Waals surface area contributed by atoms with E-state index in [-0.39, 0.29) is 12.7 Å². The average molecular weight is 472 g/mol. The van der Waals surface area contributed by atoms with Crippen molar-refractivity contribution in [1.29, 1.82) is 0 Å². The number of halogens is 2. The highest BCUT2D eigenvalue weighted by atomic mass is 35.5. The van der Waals surface area contributed by atoms with Crippen molar-refractivity contribution in [1.82, 2.24) is 4.90 Å². The van der Waals surface area contributed by atoms with Crippen LogP contribution in [0.5, 0.6) is 11.5 Å². The smallest absolute Gasteiger partial charge is 0.121 e. The minimum absolute atomic E-state index is 0.139. The third kappa shape index (κ3) is 6.39. The van der Waals surface area contributed by atoms with Crippen molar-refractivity contribution < 1.29 is 14.6 Å². The number of rotatable bonds is 8. The molecule has 3 aromatic carbocycles. The van der Waals surface area contributed by atoms with Gasteiger partial charge in [0.1, 0.15) is 30.3 Å². The molecule has 1 fully saturated rings. The number of β-amino-alcohol motifs (C(OH)–C–C–N with tert-alkyl or cyclic N) is 1. The van der Waals surface area contributed by atoms with Crippen LogP contribution in [0.25, 0.3) is 11.1 Å². The molecule has 0 spiro atoms. The van der Waals surface area contributed by atoms with Crippen molar-refractivity contribution in [3.05, 3.63) is 82.8 Å². The average Bonchev–Trinajstić information content (AvgIpc) is 2.82. The molecule has 4 rings (SSSR count). The first-order valence-corrected chi connectivity index (χ1v) is 11.6. The number of hydrogen-bond donors (Lipinski definition) is 1. The number of nitrogens with zero attached hydrogens (tertiary/aromatic N) is 1. The summed E-state index contributed by atoms with van der Waals surface area (Å²) in [6.07, 6.45) is 1.39. The highest BCUT2D eigenvalue weighted by Gasteiger charge is 2.22. The third-order valence-corrected chi connectivity index (χ3v) is 6.34. The molecule has 0 bridgehead atoms. The van der Waals surface area contributed by atoms with Crippen LogP contribution in [0.15, 0.2) is 72.8 Å². The van der Waals surface area contributed by atoms with Gasteiger partial charge in [-0.25, -0.2) is 0 Å². The Morgan fingerprint density at radius 2 is 1.50 bits per heavy atom. The van der Waals surface area contributed by atoms with Gasteiger partial charge in [0.05, 0.1) is 10.0 Å². The summed E-state index contributed by atoms with van der Waals surface area (Å²) < 4.78 is 11.8. The summed E-state index contributed by atoms with van der Waals surface area (Å²) in [6.45, 7) is 2.59. The fourth-order valence-corrected chi connectivity index (χ4v) is 4.16. The van der Waals surface area contributed by atoms with E-state index < -0.39 is 6.10 Å². The van der Waals surface area contributed by atoms with Gasteiger partial charge in [0.15, 0.2) is 0 Å². The lowest BCUT2D eigenvalue weighted by Gasteiger charge is -2.33. The van der Waals surface area contributed by atoms with Crippen LogP contribution >= 0.6 is 23.2 Å². The lowest BCUT2D eigenvalue weighted by Crippen LogP contribution is -2.43. The zero-order valence-electron chi connectivity index (χ0n) is 17.8. The predicted molar refractivity (Wildman–Crippen MR) is 130 cm³/mol. The first-order valence-electron chi connectivity index (χ1n) is 10.9. The van der Waals surface area contributed by atoms with Gasteiger partial charge in [0.25, 0.3) is 0 Å². The van der Waals surface area contributed by atoms with E-state index in [1.807, 2.05) is 48.5 Å². The summed E-state index contributed by atoms with van der Waals surface area (Å²) in [4.78, 5) is 2.25. The molecular weight excluding hydrogens is 445 g/mol. The van der Waals surface area contributed by atoms with Gasteiger partial charge in [-0.3, -0.25) is 0 Å². The minimum Gasteiger partial charge on any atom is -0.491 e. The molecule has 1 aliphatic rings. The van der Waals surface area contributed by atoms with Gasteiger partial charge in [-0.15, -0.1) is 0 Å². The van der Waals surface area contributed by atoms with Crippen molar-refractivity contribution in [2.45, 2.75) is 25.0 Å². The van der Waals surface area contributed by atoms with Crippen LogP contribution in [-0.2, 0) is 0 Å². The second kappa shape index (κ2) is 11.1. The van der Waals surface area contributed by atoms with Crippen LogP contribution in [-0.4, -0.2) is 48.5 Å². The summed E-state index contributed by atoms with van der Waals surface area (Å²) in [5, 5.41) is 11.5. The first-order chi connectivity index (χ1) is 15.6. The maximum atomic E-state index is 10.4. The molecule has 0 radical (unpaired) electrons. The number of aliphatic hydroxyl groups is 1. The van der Waals surface area contributed by atoms with Gasteiger partial charge < -0.3 is 19.5 Å². The standard InChI is InChI=1S/C26H27Cl2NO3/c27-25-11-10-24(16-26(25)28)32-23-12-14-29(15-13-23)17-21(30)18-31-22-8-6-20(7-9-22)19-4-2-1-3-5-19/h1-11,16,21,23,30H,12-15,17-18H2. The Labute approximate surface area is 199 Å². The van der Waals surface area contributed by atoms with E-state index in [1.54, 1.807) is 12.1 Å². The normalized spacial score (nSPS) is 16.0. The van der Waals surface area contributed by atoms with Crippen LogP contribution in [0.3, 0.4) is 0 Å². The van der Waals surface area contributed by atoms with E-state index in [4.69, 9.17) is 32.7 Å². The van der Waals surface area contributed by atoms with Gasteiger partial charge in [-0.05, 0) is 48.2 Å². The second-order valence-electron chi connectivity index (χ2n) is 8.05. The van der Waals surface area contributed by atoms with Crippen molar-refractivity contribution in [2.75, 3.05) is 26.2 Å². The number of piperidine rings is 1. The zero-order chi connectivity index (χ0) is 22.3. The molecule has 1 aliphatic heterocycles. The molecule has 0 saturated carbocycles. The lowest BCUT2D eigenvalue weighted by molar-refractivity contribution is 0.0402. The lowest BCUT2D eigenvalue weighted by atomic mass is 10.1. The van der Waals surface area contributed by atoms with E-state index in [0.717, 1.165) is 43.0 Å². The SMILES string of the molecule is OC(COc1ccc(-c2ccccc2)cc1)CN1CCC(Oc2ccc(Cl)c(Cl)c2)CC1. The number of hydrogen-bond acceptors (Lipinski definition) is 4. The van der Waals surface area contributed by atoms with Crippen LogP contribution in [0.2, 0.25) is 10.0 Å². The molecule has 1 unspecified atom stereocenters. The van der Waals surface area contributed by atoms with Gasteiger partial charge in [0.2, 0.25) is 0 Å². The van der Waals surface area contributed by atoms with Crippen LogP contribution in [0.4, 0.5) is 0 Å². The maximum Gasteiger partial charge on any atom is 0.121 e. The summed E-state index contributed by atoms with van der Waals surface area (Å²) in [7, 11) is 0. The predicted octanol–water partition coefficient (Wildman–Crippen LogP) is 5.94. The van der Waals surface area contributed by atoms with Crippen molar-refractivity contribution in [3.8, 4) is 22.6 Å². The Morgan fingerprint density at radius 1 is 0.844 bits per heavy atom. The summed E-state index contributed by atoms with van der Waals surface area (Å²) in [5.41, 5.74) is 2.31. The highest BCUT2D eigenvalue weighted by Crippen LogP contribution is 2.28. The Hall–Kier alpha value is -2.24. The molecule has 1 saturated heterocycles. The largest absolute Gasteiger partial charge is 0.491 e. The molecule has 1 atom stereocenters. The van der Waals surface area contributed by atoms with Gasteiger partial charge in [-0.2, -0.15) is 0 Å². The number of benzene rings is 3. The quantitative estimate of drug-likeness (QED) is 0.441. The minimum atomic E-state index is -0.545. The van der Waals surface area contributed by atoms with Gasteiger partial charge in [-0.1, -0.05) is 65.7 Å². The van der Waals surface area contributed by atoms with Crippen molar-refractivity contribution in [2.24, 2.45) is 0 Å². The maximum absolute atomic E-state index is 10.4. The van der Waals surface area contributed by atoms with Gasteiger partial charge in [0, 0.05) is 25.7 Å². The van der Waals surface area contributed by atoms with E-state index in [0.29, 0.717) is 16.6 Å². The van der Waals surface area contributed by atoms with E-state index in [2.05, 4.69) is 17.0 Å². The Balaban J connectivity index is 1.18. The zero-order valence-corrected chi connectivity index (χ0v) is 19.3. The Bertz CT molecular complexity index is 990. The molecule has 0 amide bonds. The molecule has 0 aromatic heterocycles. The number of likely N-dealkylation sites (tertiary alicyclic amines) is 1.